The van der Waals surface area contributed by atoms with Gasteiger partial charge in [0.05, 0.1) is 22.1 Å². The van der Waals surface area contributed by atoms with Crippen LogP contribution >= 0.6 is 22.7 Å². The lowest BCUT2D eigenvalue weighted by atomic mass is 9.98. The van der Waals surface area contributed by atoms with Crippen molar-refractivity contribution >= 4 is 107 Å². The number of nitrogens with zero attached hydrogens (tertiary/aromatic N) is 14. The lowest BCUT2D eigenvalue weighted by molar-refractivity contribution is 1.07. The molecule has 0 fully saturated rings. The van der Waals surface area contributed by atoms with Gasteiger partial charge in [-0.25, -0.2) is 59.8 Å². The molecule has 0 aliphatic heterocycles. The van der Waals surface area contributed by atoms with Crippen molar-refractivity contribution in [3.05, 3.63) is 388 Å². The van der Waals surface area contributed by atoms with Crippen LogP contribution in [0.15, 0.2) is 388 Å². The van der Waals surface area contributed by atoms with Gasteiger partial charge in [-0.15, -0.1) is 22.7 Å². The minimum Gasteiger partial charge on any atom is -0.309 e. The van der Waals surface area contributed by atoms with Crippen LogP contribution in [0.2, 0.25) is 0 Å². The average Bonchev–Trinajstić information content (AvgIpc) is 1.60. The highest BCUT2D eigenvalue weighted by Gasteiger charge is 2.26. The first-order valence-corrected chi connectivity index (χ1v) is 42.6. The topological polar surface area (TPSA) is 165 Å². The van der Waals surface area contributed by atoms with Crippen LogP contribution in [0.25, 0.3) is 243 Å². The standard InChI is InChI=1S/C108H64N14S2/c1-8-27-66(28-9-1)97-111-103(72-56-60-89-87(61-72)79-41-22-23-47-88(79)121(89)76-37-18-6-19-38-76)115-105(113-97)74-53-57-80-83-44-25-46-86(96(83)124-92(80)63-74)108-119-101(70-35-16-5-17-36-70)110-102(120-108)71-51-49-65(50-52-71)78-42-26-48-90-94(78)84-59-55-73(62-91(84)122(90)77-39-20-7-21-40-77)104-112-98(67-29-10-2-11-30-67)114-106(116-104)75-54-58-81-82-43-24-45-85(95(82)123-93(81)64-75)107-117-99(68-31-12-3-13-32-68)109-100(118-107)69-33-14-4-15-34-69/h1-64H. The molecule has 8 aromatic heterocycles. The summed E-state index contributed by atoms with van der Waals surface area (Å²) < 4.78 is 8.96. The second kappa shape index (κ2) is 29.8. The highest BCUT2D eigenvalue weighted by Crippen LogP contribution is 2.47. The summed E-state index contributed by atoms with van der Waals surface area (Å²) in [6, 6.07) is 135. The van der Waals surface area contributed by atoms with Crippen LogP contribution < -0.4 is 0 Å². The minimum atomic E-state index is 0.551. The van der Waals surface area contributed by atoms with E-state index in [0.717, 1.165) is 173 Å². The van der Waals surface area contributed by atoms with E-state index in [0.29, 0.717) is 69.9 Å². The molecule has 16 aromatic carbocycles. The van der Waals surface area contributed by atoms with Gasteiger partial charge in [0.2, 0.25) is 0 Å². The van der Waals surface area contributed by atoms with Crippen molar-refractivity contribution in [3.8, 4) is 159 Å². The van der Waals surface area contributed by atoms with E-state index < -0.39 is 0 Å². The molecule has 124 heavy (non-hydrogen) atoms. The van der Waals surface area contributed by atoms with Gasteiger partial charge in [0.25, 0.3) is 0 Å². The van der Waals surface area contributed by atoms with E-state index in [1.54, 1.807) is 22.7 Å². The molecule has 0 unspecified atom stereocenters. The third kappa shape index (κ3) is 12.6. The van der Waals surface area contributed by atoms with Crippen LogP contribution in [0.5, 0.6) is 0 Å². The summed E-state index contributed by atoms with van der Waals surface area (Å²) in [5.41, 5.74) is 19.2. The molecule has 0 aliphatic carbocycles. The summed E-state index contributed by atoms with van der Waals surface area (Å²) in [7, 11) is 0. The minimum absolute atomic E-state index is 0.551. The number of hydrogen-bond donors (Lipinski definition) is 0. The molecule has 0 saturated heterocycles. The molecular weight excluding hydrogens is 1560 g/mol. The second-order valence-corrected chi connectivity index (χ2v) is 32.7. The zero-order chi connectivity index (χ0) is 81.7. The van der Waals surface area contributed by atoms with Crippen molar-refractivity contribution in [2.75, 3.05) is 0 Å². The molecule has 0 amide bonds. The van der Waals surface area contributed by atoms with E-state index in [-0.39, 0.29) is 0 Å². The van der Waals surface area contributed by atoms with Crippen LogP contribution in [-0.4, -0.2) is 68.9 Å². The lowest BCUT2D eigenvalue weighted by Crippen LogP contribution is -2.00. The molecule has 0 spiro atoms. The van der Waals surface area contributed by atoms with Crippen LogP contribution in [0.4, 0.5) is 0 Å². The second-order valence-electron chi connectivity index (χ2n) is 30.6. The Labute approximate surface area is 717 Å². The first-order chi connectivity index (χ1) is 61.4. The first kappa shape index (κ1) is 71.7. The molecule has 24 rings (SSSR count). The van der Waals surface area contributed by atoms with Gasteiger partial charge < -0.3 is 9.13 Å². The zero-order valence-electron chi connectivity index (χ0n) is 66.0. The Balaban J connectivity index is 0.582. The quantitative estimate of drug-likeness (QED) is 0.0955. The average molecular weight is 1620 g/mol. The fraction of sp³-hybridized carbons (Fsp3) is 0. The Hall–Kier alpha value is -16.4. The Morgan fingerprint density at radius 1 is 0.161 bits per heavy atom. The predicted molar refractivity (Wildman–Crippen MR) is 505 cm³/mol. The van der Waals surface area contributed by atoms with Gasteiger partial charge in [0, 0.05) is 140 Å². The number of hydrogen-bond acceptors (Lipinski definition) is 14. The Morgan fingerprint density at radius 3 is 0.887 bits per heavy atom. The number of thiophene rings is 2. The molecule has 14 nitrogen and oxygen atoms in total. The number of aromatic nitrogens is 14. The monoisotopic (exact) mass is 1620 g/mol. The van der Waals surface area contributed by atoms with Crippen molar-refractivity contribution in [1.29, 1.82) is 0 Å². The van der Waals surface area contributed by atoms with Crippen molar-refractivity contribution in [2.24, 2.45) is 0 Å². The zero-order valence-corrected chi connectivity index (χ0v) is 67.7. The van der Waals surface area contributed by atoms with Crippen molar-refractivity contribution in [3.63, 3.8) is 0 Å². The summed E-state index contributed by atoms with van der Waals surface area (Å²) in [6.45, 7) is 0. The van der Waals surface area contributed by atoms with Crippen LogP contribution in [0.1, 0.15) is 0 Å². The SMILES string of the molecule is c1ccc(-c2nc(-c3ccc4c(c3)sc3c(-c5nc(-c6ccccc6)nc(-c6ccc(-c7cccc8c7c7ccc(-c9nc(-c%10ccccc%10)nc(-c%10ccc%11c(c%10)sc%10c(-c%12nc(-c%13ccccc%13)nc(-c%13ccccc%13)n%12)cccc%10%11)n9)cc7n8-c7ccccc7)cc6)n5)cccc34)nc(-c3ccc4c(c3)c3ccccc3n4-c3ccccc3)n2)cc1. The summed E-state index contributed by atoms with van der Waals surface area (Å²) in [4.78, 5) is 63.0. The maximum Gasteiger partial charge on any atom is 0.165 e. The van der Waals surface area contributed by atoms with Crippen LogP contribution in [-0.2, 0) is 0 Å². The number of para-hydroxylation sites is 3. The molecule has 0 aliphatic rings. The van der Waals surface area contributed by atoms with E-state index >= 15 is 0 Å². The molecule has 24 aromatic rings. The normalized spacial score (nSPS) is 11.7. The van der Waals surface area contributed by atoms with Gasteiger partial charge in [0.15, 0.2) is 69.9 Å². The van der Waals surface area contributed by atoms with Gasteiger partial charge >= 0.3 is 0 Å². The molecular formula is C108H64N14S2. The number of rotatable bonds is 15. The van der Waals surface area contributed by atoms with Gasteiger partial charge in [-0.05, 0) is 96.1 Å². The number of benzene rings is 16. The molecule has 0 N–H and O–H groups in total. The predicted octanol–water partition coefficient (Wildman–Crippen LogP) is 27.0. The largest absolute Gasteiger partial charge is 0.309 e. The van der Waals surface area contributed by atoms with Crippen molar-refractivity contribution in [2.45, 2.75) is 0 Å². The van der Waals surface area contributed by atoms with Gasteiger partial charge in [-0.2, -0.15) is 0 Å². The van der Waals surface area contributed by atoms with E-state index in [9.17, 15) is 0 Å². The molecule has 0 bridgehead atoms. The summed E-state index contributed by atoms with van der Waals surface area (Å²) >= 11 is 3.42. The Bertz CT molecular complexity index is 8280. The highest BCUT2D eigenvalue weighted by molar-refractivity contribution is 7.26. The third-order valence-electron chi connectivity index (χ3n) is 23.2. The van der Waals surface area contributed by atoms with Crippen molar-refractivity contribution < 1.29 is 0 Å². The fourth-order valence-electron chi connectivity index (χ4n) is 17.3. The summed E-state index contributed by atoms with van der Waals surface area (Å²) in [5, 5.41) is 8.88. The molecule has 16 heteroatoms. The Morgan fingerprint density at radius 2 is 0.452 bits per heavy atom. The van der Waals surface area contributed by atoms with Gasteiger partial charge in [0.1, 0.15) is 0 Å². The summed E-state index contributed by atoms with van der Waals surface area (Å²) in [6.07, 6.45) is 0. The van der Waals surface area contributed by atoms with Crippen LogP contribution in [0, 0.1) is 0 Å². The molecule has 0 saturated carbocycles. The molecule has 578 valence electrons. The molecule has 0 atom stereocenters. The first-order valence-electron chi connectivity index (χ1n) is 41.0. The third-order valence-corrected chi connectivity index (χ3v) is 25.6. The van der Waals surface area contributed by atoms with Crippen LogP contribution in [0.3, 0.4) is 0 Å². The molecule has 0 radical (unpaired) electrons. The van der Waals surface area contributed by atoms with E-state index in [1.807, 2.05) is 115 Å². The Kier molecular flexibility index (Phi) is 17.2. The van der Waals surface area contributed by atoms with Crippen molar-refractivity contribution in [1.82, 2.24) is 68.9 Å². The highest BCUT2D eigenvalue weighted by atomic mass is 32.1. The van der Waals surface area contributed by atoms with Gasteiger partial charge in [-0.1, -0.05) is 303 Å². The van der Waals surface area contributed by atoms with E-state index in [2.05, 4.69) is 282 Å². The maximum absolute atomic E-state index is 5.41. The smallest absolute Gasteiger partial charge is 0.165 e. The lowest BCUT2D eigenvalue weighted by Gasteiger charge is -2.11. The molecule has 8 heterocycles. The van der Waals surface area contributed by atoms with E-state index in [4.69, 9.17) is 59.8 Å². The van der Waals surface area contributed by atoms with E-state index in [1.165, 1.54) is 0 Å². The van der Waals surface area contributed by atoms with Gasteiger partial charge in [-0.3, -0.25) is 0 Å². The summed E-state index contributed by atoms with van der Waals surface area (Å²) in [5.74, 6) is 6.99. The number of fused-ring (bicyclic) bond motifs is 12. The fourth-order valence-corrected chi connectivity index (χ4v) is 19.8. The maximum atomic E-state index is 5.41.